The van der Waals surface area contributed by atoms with Crippen LogP contribution >= 0.6 is 11.3 Å². The number of ether oxygens (including phenoxy) is 2. The zero-order chi connectivity index (χ0) is 26.4. The number of aromatic nitrogens is 1. The van der Waals surface area contributed by atoms with E-state index in [0.717, 1.165) is 47.3 Å². The summed E-state index contributed by atoms with van der Waals surface area (Å²) in [5.41, 5.74) is 4.83. The molecule has 0 saturated carbocycles. The van der Waals surface area contributed by atoms with E-state index in [9.17, 15) is 18.3 Å². The second-order valence-corrected chi connectivity index (χ2v) is 13.1. The minimum atomic E-state index is -3.95. The Morgan fingerprint density at radius 3 is 2.51 bits per heavy atom. The first-order chi connectivity index (χ1) is 17.6. The van der Waals surface area contributed by atoms with Crippen LogP contribution < -0.4 is 9.04 Å². The molecular weight excluding hydrogens is 512 g/mol. The molecule has 196 valence electrons. The Bertz CT molecular complexity index is 1460. The van der Waals surface area contributed by atoms with Crippen LogP contribution in [0.25, 0.3) is 0 Å². The first-order valence-corrected chi connectivity index (χ1v) is 14.5. The number of carboxylic acids is 1. The Kier molecular flexibility index (Phi) is 6.76. The zero-order valence-electron chi connectivity index (χ0n) is 21.1. The fourth-order valence-electron chi connectivity index (χ4n) is 4.85. The Labute approximate surface area is 220 Å². The van der Waals surface area contributed by atoms with Gasteiger partial charge in [-0.1, -0.05) is 19.1 Å². The maximum atomic E-state index is 14.0. The van der Waals surface area contributed by atoms with E-state index in [4.69, 9.17) is 9.47 Å². The fraction of sp³-hybridized carbons (Fsp3) is 0.407. The molecule has 5 rings (SSSR count). The van der Waals surface area contributed by atoms with Gasteiger partial charge < -0.3 is 14.6 Å². The molecule has 8 nitrogen and oxygen atoms in total. The molecule has 3 aromatic rings. The molecule has 2 aliphatic rings. The van der Waals surface area contributed by atoms with Gasteiger partial charge in [0.2, 0.25) is 4.34 Å². The highest BCUT2D eigenvalue weighted by atomic mass is 32.2. The van der Waals surface area contributed by atoms with Gasteiger partial charge in [0, 0.05) is 23.0 Å². The lowest BCUT2D eigenvalue weighted by atomic mass is 9.88. The van der Waals surface area contributed by atoms with Crippen molar-refractivity contribution >= 4 is 33.0 Å². The van der Waals surface area contributed by atoms with Crippen molar-refractivity contribution in [3.8, 4) is 5.75 Å². The summed E-state index contributed by atoms with van der Waals surface area (Å²) in [7, 11) is -3.95. The molecule has 2 aromatic carbocycles. The van der Waals surface area contributed by atoms with E-state index < -0.39 is 16.0 Å². The smallest absolute Gasteiger partial charge is 0.335 e. The number of anilines is 1. The topological polar surface area (TPSA) is 106 Å². The molecular formula is C27H30N2O6S2. The largest absolute Gasteiger partial charge is 0.487 e. The van der Waals surface area contributed by atoms with Crippen molar-refractivity contribution < 1.29 is 27.8 Å². The third-order valence-corrected chi connectivity index (χ3v) is 10.0. The highest BCUT2D eigenvalue weighted by Crippen LogP contribution is 2.41. The molecule has 1 aliphatic heterocycles. The number of carboxylic acid groups (broad SMARTS) is 1. The maximum Gasteiger partial charge on any atom is 0.335 e. The summed E-state index contributed by atoms with van der Waals surface area (Å²) < 4.78 is 41.1. The van der Waals surface area contributed by atoms with E-state index >= 15 is 0 Å². The number of sulfonamides is 1. The summed E-state index contributed by atoms with van der Waals surface area (Å²) in [5.74, 6) is -0.487. The molecule has 0 amide bonds. The first kappa shape index (κ1) is 25.7. The molecule has 0 atom stereocenters. The number of thiazole rings is 1. The van der Waals surface area contributed by atoms with Crippen LogP contribution in [0.15, 0.2) is 40.1 Å². The molecule has 1 N–H and O–H groups in total. The second kappa shape index (κ2) is 9.74. The van der Waals surface area contributed by atoms with Crippen LogP contribution in [0.1, 0.15) is 51.7 Å². The Hall–Kier alpha value is -2.95. The fourth-order valence-corrected chi connectivity index (χ4v) is 7.60. The van der Waals surface area contributed by atoms with Gasteiger partial charge in [0.25, 0.3) is 10.0 Å². The van der Waals surface area contributed by atoms with E-state index in [-0.39, 0.29) is 28.5 Å². The lowest BCUT2D eigenvalue weighted by Crippen LogP contribution is -2.50. The summed E-state index contributed by atoms with van der Waals surface area (Å²) in [6.45, 7) is 6.93. The molecule has 0 radical (unpaired) electrons. The predicted octanol–water partition coefficient (Wildman–Crippen LogP) is 4.76. The summed E-state index contributed by atoms with van der Waals surface area (Å²) in [6, 6.07) is 9.00. The minimum absolute atomic E-state index is 0.0557. The lowest BCUT2D eigenvalue weighted by Gasteiger charge is -2.42. The Morgan fingerprint density at radius 2 is 1.92 bits per heavy atom. The van der Waals surface area contributed by atoms with E-state index in [0.29, 0.717) is 35.9 Å². The molecule has 0 spiro atoms. The molecule has 1 fully saturated rings. The number of aryl methyl sites for hydroxylation is 4. The van der Waals surface area contributed by atoms with Crippen molar-refractivity contribution in [2.45, 2.75) is 51.0 Å². The van der Waals surface area contributed by atoms with Gasteiger partial charge in [-0.3, -0.25) is 4.31 Å². The second-order valence-electron chi connectivity index (χ2n) is 10.3. The minimum Gasteiger partial charge on any atom is -0.487 e. The van der Waals surface area contributed by atoms with Gasteiger partial charge in [-0.2, -0.15) is 8.42 Å². The Balaban J connectivity index is 1.55. The number of fused-ring (bicyclic) bond motifs is 1. The van der Waals surface area contributed by atoms with Gasteiger partial charge in [0.05, 0.1) is 24.5 Å². The van der Waals surface area contributed by atoms with Crippen molar-refractivity contribution in [2.75, 3.05) is 24.1 Å². The van der Waals surface area contributed by atoms with Crippen molar-refractivity contribution in [1.29, 1.82) is 0 Å². The number of nitrogens with zero attached hydrogens (tertiary/aromatic N) is 2. The average Bonchev–Trinajstić information content (AvgIpc) is 3.48. The van der Waals surface area contributed by atoms with Gasteiger partial charge in [-0.25, -0.2) is 9.78 Å². The summed E-state index contributed by atoms with van der Waals surface area (Å²) in [6.07, 6.45) is 2.82. The SMILES string of the molecule is Cc1csc(S(=O)(=O)N(CC2(C)COC2)c2cc3c(cc2OCc2ccc(C(=O)O)c(C)c2)CCC3)n1. The predicted molar refractivity (Wildman–Crippen MR) is 141 cm³/mol. The monoisotopic (exact) mass is 542 g/mol. The summed E-state index contributed by atoms with van der Waals surface area (Å²) >= 11 is 1.12. The number of aromatic carboxylic acids is 1. The van der Waals surface area contributed by atoms with E-state index in [1.165, 1.54) is 4.31 Å². The van der Waals surface area contributed by atoms with Crippen molar-refractivity contribution in [2.24, 2.45) is 5.41 Å². The van der Waals surface area contributed by atoms with Crippen LogP contribution in [0, 0.1) is 19.3 Å². The standard InChI is InChI=1S/C27H30N2O6S2/c1-17-9-19(7-8-22(17)25(30)31)12-35-24-11-21-6-4-5-20(21)10-23(24)29(14-27(3)15-34-16-27)37(32,33)26-28-18(2)13-36-26/h7-11,13H,4-6,12,14-16H2,1-3H3,(H,30,31). The Morgan fingerprint density at radius 1 is 1.19 bits per heavy atom. The highest BCUT2D eigenvalue weighted by Gasteiger charge is 2.41. The number of carbonyl (C=O) groups is 1. The van der Waals surface area contributed by atoms with Gasteiger partial charge in [0.15, 0.2) is 0 Å². The van der Waals surface area contributed by atoms with Gasteiger partial charge in [-0.15, -0.1) is 11.3 Å². The summed E-state index contributed by atoms with van der Waals surface area (Å²) in [5, 5.41) is 11.1. The van der Waals surface area contributed by atoms with Crippen molar-refractivity contribution in [3.63, 3.8) is 0 Å². The molecule has 2 heterocycles. The molecule has 1 saturated heterocycles. The number of rotatable bonds is 9. The molecule has 37 heavy (non-hydrogen) atoms. The molecule has 1 aliphatic carbocycles. The van der Waals surface area contributed by atoms with E-state index in [1.807, 2.05) is 19.1 Å². The van der Waals surface area contributed by atoms with Crippen LogP contribution in [0.2, 0.25) is 0 Å². The number of benzene rings is 2. The highest BCUT2D eigenvalue weighted by molar-refractivity contribution is 7.94. The molecule has 0 bridgehead atoms. The van der Waals surface area contributed by atoms with Gasteiger partial charge >= 0.3 is 5.97 Å². The van der Waals surface area contributed by atoms with E-state index in [2.05, 4.69) is 4.98 Å². The van der Waals surface area contributed by atoms with Crippen LogP contribution in [-0.2, 0) is 34.2 Å². The average molecular weight is 543 g/mol. The van der Waals surface area contributed by atoms with Crippen LogP contribution in [-0.4, -0.2) is 44.2 Å². The van der Waals surface area contributed by atoms with E-state index in [1.54, 1.807) is 37.4 Å². The normalized spacial score (nSPS) is 16.2. The van der Waals surface area contributed by atoms with Gasteiger partial charge in [0.1, 0.15) is 12.4 Å². The molecule has 0 unspecified atom stereocenters. The number of hydrogen-bond donors (Lipinski definition) is 1. The van der Waals surface area contributed by atoms with Gasteiger partial charge in [-0.05, 0) is 73.6 Å². The first-order valence-electron chi connectivity index (χ1n) is 12.2. The summed E-state index contributed by atoms with van der Waals surface area (Å²) in [4.78, 5) is 15.7. The van der Waals surface area contributed by atoms with Crippen LogP contribution in [0.5, 0.6) is 5.75 Å². The van der Waals surface area contributed by atoms with Crippen LogP contribution in [0.4, 0.5) is 5.69 Å². The molecule has 10 heteroatoms. The van der Waals surface area contributed by atoms with Crippen molar-refractivity contribution in [3.05, 3.63) is 69.2 Å². The third kappa shape index (κ3) is 5.10. The number of hydrogen-bond acceptors (Lipinski definition) is 7. The lowest BCUT2D eigenvalue weighted by molar-refractivity contribution is -0.0941. The quantitative estimate of drug-likeness (QED) is 0.416. The zero-order valence-corrected chi connectivity index (χ0v) is 22.7. The maximum absolute atomic E-state index is 14.0. The van der Waals surface area contributed by atoms with Crippen LogP contribution in [0.3, 0.4) is 0 Å². The molecule has 1 aromatic heterocycles. The van der Waals surface area contributed by atoms with Crippen molar-refractivity contribution in [1.82, 2.24) is 4.98 Å². The third-order valence-electron chi connectivity index (χ3n) is 6.89.